The molecule has 5 nitrogen and oxygen atoms in total. The number of anilines is 1. The standard InChI is InChI=1S/C15H22N2O3/c1-11(2)16-14(18)9-10-17(3)13-8-6-5-7-12(13)15(19)20-4/h5-8,11H,9-10H2,1-4H3,(H,16,18). The summed E-state index contributed by atoms with van der Waals surface area (Å²) in [5.74, 6) is -0.374. The van der Waals surface area contributed by atoms with E-state index >= 15 is 0 Å². The lowest BCUT2D eigenvalue weighted by Crippen LogP contribution is -2.33. The average molecular weight is 278 g/mol. The number of amides is 1. The summed E-state index contributed by atoms with van der Waals surface area (Å²) in [6, 6.07) is 7.33. The first-order valence-corrected chi connectivity index (χ1v) is 6.63. The Morgan fingerprint density at radius 2 is 1.95 bits per heavy atom. The smallest absolute Gasteiger partial charge is 0.339 e. The van der Waals surface area contributed by atoms with E-state index in [0.717, 1.165) is 5.69 Å². The van der Waals surface area contributed by atoms with Gasteiger partial charge in [-0.25, -0.2) is 4.79 Å². The highest BCUT2D eigenvalue weighted by Gasteiger charge is 2.14. The molecule has 0 saturated carbocycles. The summed E-state index contributed by atoms with van der Waals surface area (Å²) in [6.07, 6.45) is 0.379. The summed E-state index contributed by atoms with van der Waals surface area (Å²) in [4.78, 5) is 25.2. The number of hydrogen-bond donors (Lipinski definition) is 1. The van der Waals surface area contributed by atoms with Crippen LogP contribution in [0.5, 0.6) is 0 Å². The van der Waals surface area contributed by atoms with Gasteiger partial charge in [0.2, 0.25) is 5.91 Å². The van der Waals surface area contributed by atoms with E-state index in [4.69, 9.17) is 4.74 Å². The molecule has 0 aliphatic heterocycles. The van der Waals surface area contributed by atoms with Crippen LogP contribution in [0.4, 0.5) is 5.69 Å². The molecule has 1 rings (SSSR count). The second-order valence-electron chi connectivity index (χ2n) is 4.90. The fraction of sp³-hybridized carbons (Fsp3) is 0.467. The lowest BCUT2D eigenvalue weighted by atomic mass is 10.1. The summed E-state index contributed by atoms with van der Waals surface area (Å²) in [6.45, 7) is 4.38. The Bertz CT molecular complexity index is 472. The molecule has 0 aromatic heterocycles. The van der Waals surface area contributed by atoms with Gasteiger partial charge in [0, 0.05) is 26.1 Å². The van der Waals surface area contributed by atoms with Crippen LogP contribution >= 0.6 is 0 Å². The lowest BCUT2D eigenvalue weighted by molar-refractivity contribution is -0.121. The number of hydrogen-bond acceptors (Lipinski definition) is 4. The Morgan fingerprint density at radius 3 is 2.55 bits per heavy atom. The number of carbonyl (C=O) groups excluding carboxylic acids is 2. The third-order valence-electron chi connectivity index (χ3n) is 2.84. The highest BCUT2D eigenvalue weighted by atomic mass is 16.5. The van der Waals surface area contributed by atoms with Crippen LogP contribution in [-0.4, -0.2) is 38.6 Å². The maximum absolute atomic E-state index is 11.7. The Labute approximate surface area is 119 Å². The van der Waals surface area contributed by atoms with Crippen LogP contribution in [-0.2, 0) is 9.53 Å². The van der Waals surface area contributed by atoms with Gasteiger partial charge in [0.15, 0.2) is 0 Å². The molecule has 20 heavy (non-hydrogen) atoms. The topological polar surface area (TPSA) is 58.6 Å². The zero-order chi connectivity index (χ0) is 15.1. The Morgan fingerprint density at radius 1 is 1.30 bits per heavy atom. The van der Waals surface area contributed by atoms with Gasteiger partial charge in [0.25, 0.3) is 0 Å². The number of rotatable bonds is 6. The fourth-order valence-corrected chi connectivity index (χ4v) is 1.87. The van der Waals surface area contributed by atoms with Crippen molar-refractivity contribution in [2.24, 2.45) is 0 Å². The third-order valence-corrected chi connectivity index (χ3v) is 2.84. The molecule has 0 saturated heterocycles. The van der Waals surface area contributed by atoms with Gasteiger partial charge in [0.1, 0.15) is 0 Å². The Hall–Kier alpha value is -2.04. The summed E-state index contributed by atoms with van der Waals surface area (Å²) in [5.41, 5.74) is 1.26. The fourth-order valence-electron chi connectivity index (χ4n) is 1.87. The van der Waals surface area contributed by atoms with Crippen molar-refractivity contribution in [2.45, 2.75) is 26.3 Å². The van der Waals surface area contributed by atoms with E-state index in [1.165, 1.54) is 7.11 Å². The van der Waals surface area contributed by atoms with Crippen molar-refractivity contribution in [2.75, 3.05) is 25.6 Å². The van der Waals surface area contributed by atoms with Crippen molar-refractivity contribution in [1.29, 1.82) is 0 Å². The molecular weight excluding hydrogens is 256 g/mol. The highest BCUT2D eigenvalue weighted by molar-refractivity contribution is 5.95. The predicted octanol–water partition coefficient (Wildman–Crippen LogP) is 1.82. The summed E-state index contributed by atoms with van der Waals surface area (Å²) < 4.78 is 4.76. The molecule has 1 aromatic carbocycles. The van der Waals surface area contributed by atoms with E-state index < -0.39 is 0 Å². The van der Waals surface area contributed by atoms with E-state index in [1.54, 1.807) is 12.1 Å². The van der Waals surface area contributed by atoms with Crippen molar-refractivity contribution < 1.29 is 14.3 Å². The minimum Gasteiger partial charge on any atom is -0.465 e. The van der Waals surface area contributed by atoms with Crippen LogP contribution in [0.25, 0.3) is 0 Å². The normalized spacial score (nSPS) is 10.2. The Kier molecular flexibility index (Phi) is 6.03. The lowest BCUT2D eigenvalue weighted by Gasteiger charge is -2.21. The monoisotopic (exact) mass is 278 g/mol. The molecule has 5 heteroatoms. The first-order valence-electron chi connectivity index (χ1n) is 6.63. The van der Waals surface area contributed by atoms with Crippen LogP contribution in [0.3, 0.4) is 0 Å². The second kappa shape index (κ2) is 7.53. The highest BCUT2D eigenvalue weighted by Crippen LogP contribution is 2.20. The molecule has 0 fully saturated rings. The number of ether oxygens (including phenoxy) is 1. The zero-order valence-corrected chi connectivity index (χ0v) is 12.5. The van der Waals surface area contributed by atoms with Crippen molar-refractivity contribution in [3.8, 4) is 0 Å². The van der Waals surface area contributed by atoms with Gasteiger partial charge in [-0.15, -0.1) is 0 Å². The molecule has 0 heterocycles. The number of benzene rings is 1. The molecule has 1 N–H and O–H groups in total. The van der Waals surface area contributed by atoms with Gasteiger partial charge in [-0.05, 0) is 26.0 Å². The summed E-state index contributed by atoms with van der Waals surface area (Å²) >= 11 is 0. The molecule has 1 aromatic rings. The van der Waals surface area contributed by atoms with E-state index in [9.17, 15) is 9.59 Å². The van der Waals surface area contributed by atoms with Crippen LogP contribution in [0.15, 0.2) is 24.3 Å². The van der Waals surface area contributed by atoms with Crippen molar-refractivity contribution >= 4 is 17.6 Å². The molecule has 0 unspecified atom stereocenters. The van der Waals surface area contributed by atoms with Gasteiger partial charge in [0.05, 0.1) is 18.4 Å². The Balaban J connectivity index is 2.70. The predicted molar refractivity (Wildman–Crippen MR) is 78.9 cm³/mol. The zero-order valence-electron chi connectivity index (χ0n) is 12.5. The van der Waals surface area contributed by atoms with Gasteiger partial charge in [-0.2, -0.15) is 0 Å². The quantitative estimate of drug-likeness (QED) is 0.806. The first-order chi connectivity index (χ1) is 9.45. The van der Waals surface area contributed by atoms with Gasteiger partial charge in [-0.3, -0.25) is 4.79 Å². The van der Waals surface area contributed by atoms with Crippen molar-refractivity contribution in [1.82, 2.24) is 5.32 Å². The van der Waals surface area contributed by atoms with Crippen molar-refractivity contribution in [3.63, 3.8) is 0 Å². The van der Waals surface area contributed by atoms with E-state index in [2.05, 4.69) is 5.32 Å². The molecule has 0 atom stereocenters. The molecule has 0 aliphatic rings. The molecule has 0 radical (unpaired) electrons. The SMILES string of the molecule is COC(=O)c1ccccc1N(C)CCC(=O)NC(C)C. The molecule has 0 aliphatic carbocycles. The largest absolute Gasteiger partial charge is 0.465 e. The van der Waals surface area contributed by atoms with E-state index in [0.29, 0.717) is 18.5 Å². The minimum absolute atomic E-state index is 0.00222. The number of methoxy groups -OCH3 is 1. The van der Waals surface area contributed by atoms with Crippen LogP contribution < -0.4 is 10.2 Å². The number of para-hydroxylation sites is 1. The minimum atomic E-state index is -0.376. The molecule has 0 spiro atoms. The van der Waals surface area contributed by atoms with Crippen LogP contribution in [0, 0.1) is 0 Å². The number of nitrogens with one attached hydrogen (secondary N) is 1. The maximum atomic E-state index is 11.7. The number of esters is 1. The van der Waals surface area contributed by atoms with Crippen molar-refractivity contribution in [3.05, 3.63) is 29.8 Å². The molecule has 1 amide bonds. The molecular formula is C15H22N2O3. The van der Waals surface area contributed by atoms with Gasteiger partial charge < -0.3 is 15.0 Å². The summed E-state index contributed by atoms with van der Waals surface area (Å²) in [7, 11) is 3.21. The van der Waals surface area contributed by atoms with Crippen LogP contribution in [0.1, 0.15) is 30.6 Å². The first kappa shape index (κ1) is 16.0. The average Bonchev–Trinajstić information content (AvgIpc) is 2.43. The molecule has 110 valence electrons. The van der Waals surface area contributed by atoms with E-state index in [1.807, 2.05) is 37.9 Å². The maximum Gasteiger partial charge on any atom is 0.339 e. The molecule has 0 bridgehead atoms. The van der Waals surface area contributed by atoms with Crippen LogP contribution in [0.2, 0.25) is 0 Å². The third kappa shape index (κ3) is 4.57. The summed E-state index contributed by atoms with van der Waals surface area (Å²) in [5, 5.41) is 2.84. The van der Waals surface area contributed by atoms with Gasteiger partial charge in [-0.1, -0.05) is 12.1 Å². The number of nitrogens with zero attached hydrogens (tertiary/aromatic N) is 1. The van der Waals surface area contributed by atoms with Gasteiger partial charge >= 0.3 is 5.97 Å². The number of carbonyl (C=O) groups is 2. The second-order valence-corrected chi connectivity index (χ2v) is 4.90. The van der Waals surface area contributed by atoms with E-state index in [-0.39, 0.29) is 17.9 Å².